The lowest BCUT2D eigenvalue weighted by atomic mass is 10.1. The van der Waals surface area contributed by atoms with Gasteiger partial charge in [0.25, 0.3) is 0 Å². The highest BCUT2D eigenvalue weighted by Crippen LogP contribution is 2.10. The summed E-state index contributed by atoms with van der Waals surface area (Å²) in [7, 11) is 0. The minimum Gasteiger partial charge on any atom is -0.356 e. The SMILES string of the molecule is CCNCCC(=O)NCCc1ccc(F)cc1C. The van der Waals surface area contributed by atoms with E-state index in [1.807, 2.05) is 13.8 Å². The second kappa shape index (κ2) is 7.82. The molecular weight excluding hydrogens is 231 g/mol. The Morgan fingerprint density at radius 1 is 1.33 bits per heavy atom. The van der Waals surface area contributed by atoms with Crippen molar-refractivity contribution < 1.29 is 9.18 Å². The van der Waals surface area contributed by atoms with Crippen LogP contribution in [0.3, 0.4) is 0 Å². The molecule has 0 aliphatic heterocycles. The van der Waals surface area contributed by atoms with Crippen molar-refractivity contribution in [2.75, 3.05) is 19.6 Å². The number of amides is 1. The maximum absolute atomic E-state index is 12.9. The van der Waals surface area contributed by atoms with Crippen LogP contribution in [0.5, 0.6) is 0 Å². The van der Waals surface area contributed by atoms with Gasteiger partial charge in [-0.3, -0.25) is 4.79 Å². The molecule has 1 rings (SSSR count). The smallest absolute Gasteiger partial charge is 0.221 e. The molecule has 0 aliphatic rings. The number of nitrogens with one attached hydrogen (secondary N) is 2. The Hall–Kier alpha value is -1.42. The fourth-order valence-corrected chi connectivity index (χ4v) is 1.74. The molecule has 3 nitrogen and oxygen atoms in total. The minimum absolute atomic E-state index is 0.0516. The summed E-state index contributed by atoms with van der Waals surface area (Å²) in [6.07, 6.45) is 1.23. The van der Waals surface area contributed by atoms with Gasteiger partial charge in [0.05, 0.1) is 0 Å². The van der Waals surface area contributed by atoms with E-state index >= 15 is 0 Å². The fraction of sp³-hybridized carbons (Fsp3) is 0.500. The molecule has 0 heterocycles. The summed E-state index contributed by atoms with van der Waals surface area (Å²) in [6.45, 7) is 6.07. The van der Waals surface area contributed by atoms with Gasteiger partial charge in [-0.1, -0.05) is 13.0 Å². The van der Waals surface area contributed by atoms with Crippen LogP contribution >= 0.6 is 0 Å². The van der Waals surface area contributed by atoms with Crippen molar-refractivity contribution in [3.63, 3.8) is 0 Å². The molecule has 4 heteroatoms. The molecule has 0 aromatic heterocycles. The van der Waals surface area contributed by atoms with E-state index in [0.717, 1.165) is 24.1 Å². The Bertz CT molecular complexity index is 393. The van der Waals surface area contributed by atoms with E-state index in [2.05, 4.69) is 10.6 Å². The van der Waals surface area contributed by atoms with E-state index in [9.17, 15) is 9.18 Å². The van der Waals surface area contributed by atoms with Gasteiger partial charge in [0.15, 0.2) is 0 Å². The number of hydrogen-bond donors (Lipinski definition) is 2. The lowest BCUT2D eigenvalue weighted by Gasteiger charge is -2.08. The van der Waals surface area contributed by atoms with Crippen molar-refractivity contribution in [3.05, 3.63) is 35.1 Å². The summed E-state index contributed by atoms with van der Waals surface area (Å²) in [6, 6.07) is 4.74. The molecule has 0 unspecified atom stereocenters. The van der Waals surface area contributed by atoms with Gasteiger partial charge in [0.1, 0.15) is 5.82 Å². The first-order valence-electron chi connectivity index (χ1n) is 6.36. The summed E-state index contributed by atoms with van der Waals surface area (Å²) < 4.78 is 12.9. The average Bonchev–Trinajstić information content (AvgIpc) is 2.32. The molecule has 0 saturated carbocycles. The van der Waals surface area contributed by atoms with Crippen LogP contribution in [0.15, 0.2) is 18.2 Å². The Kier molecular flexibility index (Phi) is 6.36. The maximum atomic E-state index is 12.9. The molecule has 100 valence electrons. The first-order chi connectivity index (χ1) is 8.63. The summed E-state index contributed by atoms with van der Waals surface area (Å²) in [5, 5.41) is 5.96. The highest BCUT2D eigenvalue weighted by atomic mass is 19.1. The molecule has 1 aromatic rings. The van der Waals surface area contributed by atoms with Crippen molar-refractivity contribution in [3.8, 4) is 0 Å². The van der Waals surface area contributed by atoms with E-state index in [1.54, 1.807) is 6.07 Å². The van der Waals surface area contributed by atoms with Crippen LogP contribution < -0.4 is 10.6 Å². The Morgan fingerprint density at radius 2 is 2.11 bits per heavy atom. The lowest BCUT2D eigenvalue weighted by Crippen LogP contribution is -2.29. The zero-order valence-electron chi connectivity index (χ0n) is 11.1. The van der Waals surface area contributed by atoms with Gasteiger partial charge in [-0.25, -0.2) is 4.39 Å². The van der Waals surface area contributed by atoms with Crippen molar-refractivity contribution >= 4 is 5.91 Å². The normalized spacial score (nSPS) is 10.4. The first kappa shape index (κ1) is 14.6. The van der Waals surface area contributed by atoms with Crippen LogP contribution in [-0.4, -0.2) is 25.5 Å². The second-order valence-electron chi connectivity index (χ2n) is 4.27. The molecule has 0 spiro atoms. The molecule has 0 saturated heterocycles. The zero-order valence-corrected chi connectivity index (χ0v) is 11.1. The van der Waals surface area contributed by atoms with Gasteiger partial charge in [-0.2, -0.15) is 0 Å². The van der Waals surface area contributed by atoms with Crippen LogP contribution in [0.1, 0.15) is 24.5 Å². The molecule has 0 bridgehead atoms. The van der Waals surface area contributed by atoms with Gasteiger partial charge >= 0.3 is 0 Å². The molecule has 0 aliphatic carbocycles. The lowest BCUT2D eigenvalue weighted by molar-refractivity contribution is -0.120. The zero-order chi connectivity index (χ0) is 13.4. The predicted molar refractivity (Wildman–Crippen MR) is 71.0 cm³/mol. The van der Waals surface area contributed by atoms with E-state index < -0.39 is 0 Å². The molecule has 1 amide bonds. The molecule has 0 atom stereocenters. The molecule has 18 heavy (non-hydrogen) atoms. The largest absolute Gasteiger partial charge is 0.356 e. The summed E-state index contributed by atoms with van der Waals surface area (Å²) in [5.41, 5.74) is 2.00. The van der Waals surface area contributed by atoms with Crippen molar-refractivity contribution in [1.29, 1.82) is 0 Å². The topological polar surface area (TPSA) is 41.1 Å². The van der Waals surface area contributed by atoms with Crippen LogP contribution in [0.25, 0.3) is 0 Å². The quantitative estimate of drug-likeness (QED) is 0.726. The molecular formula is C14H21FN2O. The Labute approximate surface area is 108 Å². The van der Waals surface area contributed by atoms with Crippen molar-refractivity contribution in [1.82, 2.24) is 10.6 Å². The van der Waals surface area contributed by atoms with Crippen LogP contribution in [0.4, 0.5) is 4.39 Å². The van der Waals surface area contributed by atoms with E-state index in [4.69, 9.17) is 0 Å². The van der Waals surface area contributed by atoms with Crippen molar-refractivity contribution in [2.45, 2.75) is 26.7 Å². The van der Waals surface area contributed by atoms with Gasteiger partial charge in [-0.15, -0.1) is 0 Å². The number of benzene rings is 1. The number of rotatable bonds is 7. The average molecular weight is 252 g/mol. The number of halogens is 1. The Balaban J connectivity index is 2.26. The van der Waals surface area contributed by atoms with E-state index in [1.165, 1.54) is 12.1 Å². The predicted octanol–water partition coefficient (Wildman–Crippen LogP) is 1.79. The molecule has 0 fully saturated rings. The molecule has 0 radical (unpaired) electrons. The van der Waals surface area contributed by atoms with Crippen LogP contribution in [0.2, 0.25) is 0 Å². The number of carbonyl (C=O) groups excluding carboxylic acids is 1. The highest BCUT2D eigenvalue weighted by Gasteiger charge is 2.02. The highest BCUT2D eigenvalue weighted by molar-refractivity contribution is 5.76. The molecule has 2 N–H and O–H groups in total. The number of carbonyl (C=O) groups is 1. The van der Waals surface area contributed by atoms with Crippen LogP contribution in [0, 0.1) is 12.7 Å². The minimum atomic E-state index is -0.217. The third-order valence-electron chi connectivity index (χ3n) is 2.80. The van der Waals surface area contributed by atoms with Gasteiger partial charge in [-0.05, 0) is 43.1 Å². The second-order valence-corrected chi connectivity index (χ2v) is 4.27. The fourth-order valence-electron chi connectivity index (χ4n) is 1.74. The standard InChI is InChI=1S/C14H21FN2O/c1-3-16-8-7-14(18)17-9-6-12-4-5-13(15)10-11(12)2/h4-5,10,16H,3,6-9H2,1-2H3,(H,17,18). The maximum Gasteiger partial charge on any atom is 0.221 e. The van der Waals surface area contributed by atoms with Gasteiger partial charge in [0.2, 0.25) is 5.91 Å². The summed E-state index contributed by atoms with van der Waals surface area (Å²) >= 11 is 0. The van der Waals surface area contributed by atoms with Gasteiger partial charge < -0.3 is 10.6 Å². The number of hydrogen-bond acceptors (Lipinski definition) is 2. The third-order valence-corrected chi connectivity index (χ3v) is 2.80. The summed E-state index contributed by atoms with van der Waals surface area (Å²) in [4.78, 5) is 11.4. The van der Waals surface area contributed by atoms with Crippen molar-refractivity contribution in [2.24, 2.45) is 0 Å². The van der Waals surface area contributed by atoms with Gasteiger partial charge in [0, 0.05) is 19.5 Å². The third kappa shape index (κ3) is 5.27. The first-order valence-corrected chi connectivity index (χ1v) is 6.36. The monoisotopic (exact) mass is 252 g/mol. The van der Waals surface area contributed by atoms with E-state index in [-0.39, 0.29) is 11.7 Å². The number of aryl methyl sites for hydroxylation is 1. The summed E-state index contributed by atoms with van der Waals surface area (Å²) in [5.74, 6) is -0.165. The van der Waals surface area contributed by atoms with E-state index in [0.29, 0.717) is 19.5 Å². The Morgan fingerprint density at radius 3 is 2.78 bits per heavy atom. The van der Waals surface area contributed by atoms with Crippen LogP contribution in [-0.2, 0) is 11.2 Å². The molecule has 1 aromatic carbocycles.